The molecular formula is C59H55N3O3S3Se3. The van der Waals surface area contributed by atoms with Crippen LogP contribution in [0.25, 0.3) is 50.9 Å². The van der Waals surface area contributed by atoms with Gasteiger partial charge in [-0.25, -0.2) is 0 Å². The van der Waals surface area contributed by atoms with Gasteiger partial charge in [-0.1, -0.05) is 97.1 Å². The zero-order chi connectivity index (χ0) is 49.4. The van der Waals surface area contributed by atoms with Gasteiger partial charge >= 0.3 is 96.1 Å². The minimum atomic E-state index is 0.698. The van der Waals surface area contributed by atoms with Crippen LogP contribution in [0.5, 0.6) is 0 Å². The fourth-order valence-corrected chi connectivity index (χ4v) is 14.0. The maximum absolute atomic E-state index is 4.96. The van der Waals surface area contributed by atoms with Crippen LogP contribution in [0.1, 0.15) is 0 Å². The molecule has 0 aliphatic heterocycles. The Hall–Kier alpha value is -6.26. The Labute approximate surface area is 445 Å². The SMILES string of the molecule is Cn1ccc2c1ccn2C.Cn1cccc1.c1cc2[se]ccc2[se]1.c1cc2occc2o1.c1cc2sccc2s1.c1cc[se]c1.c1ccc2ccccc2c1.c1ccccc1.c1ccoc1.c1ccsc1. The molecule has 12 heteroatoms. The minimum absolute atomic E-state index is 0.698. The van der Waals surface area contributed by atoms with E-state index in [1.807, 2.05) is 108 Å². The molecule has 0 aliphatic rings. The number of aryl methyl sites for hydroxylation is 3. The van der Waals surface area contributed by atoms with Crippen LogP contribution in [0.2, 0.25) is 0 Å². The number of thiophene rings is 3. The summed E-state index contributed by atoms with van der Waals surface area (Å²) in [4.78, 5) is 8.99. The van der Waals surface area contributed by atoms with Crippen LogP contribution < -0.4 is 0 Å². The van der Waals surface area contributed by atoms with Crippen molar-refractivity contribution in [2.45, 2.75) is 0 Å². The third-order valence-corrected chi connectivity index (χ3v) is 17.7. The molecule has 0 saturated carbocycles. The Morgan fingerprint density at radius 2 is 0.831 bits per heavy atom. The zero-order valence-corrected chi connectivity index (χ0v) is 47.2. The Morgan fingerprint density at radius 1 is 0.380 bits per heavy atom. The molecule has 12 heterocycles. The summed E-state index contributed by atoms with van der Waals surface area (Å²) in [6, 6.07) is 61.3. The van der Waals surface area contributed by atoms with E-state index in [1.165, 1.54) is 31.2 Å². The molecule has 0 bridgehead atoms. The van der Waals surface area contributed by atoms with Gasteiger partial charge in [-0.15, -0.1) is 22.7 Å². The largest absolute Gasteiger partial charge is 0.473 e. The Bertz CT molecular complexity index is 2960. The minimum Gasteiger partial charge on any atom is -0.473 e. The molecule has 0 atom stereocenters. The molecule has 0 N–H and O–H groups in total. The molecule has 0 spiro atoms. The summed E-state index contributed by atoms with van der Waals surface area (Å²) in [5, 5.41) is 11.0. The van der Waals surface area contributed by atoms with E-state index in [0.29, 0.717) is 43.5 Å². The number of aromatic nitrogens is 3. The molecule has 12 aromatic heterocycles. The van der Waals surface area contributed by atoms with Gasteiger partial charge in [0.05, 0.1) is 36.1 Å². The van der Waals surface area contributed by atoms with Gasteiger partial charge in [0.2, 0.25) is 0 Å². The number of fused-ring (bicyclic) bond motifs is 5. The van der Waals surface area contributed by atoms with Gasteiger partial charge in [0, 0.05) is 67.5 Å². The van der Waals surface area contributed by atoms with Gasteiger partial charge in [-0.3, -0.25) is 0 Å². The van der Waals surface area contributed by atoms with Gasteiger partial charge in [-0.05, 0) is 80.8 Å². The van der Waals surface area contributed by atoms with Crippen molar-refractivity contribution in [1.82, 2.24) is 13.7 Å². The molecule has 15 rings (SSSR count). The molecule has 6 nitrogen and oxygen atoms in total. The van der Waals surface area contributed by atoms with E-state index in [9.17, 15) is 0 Å². The summed E-state index contributed by atoms with van der Waals surface area (Å²) in [5.74, 6) is 0. The maximum Gasteiger partial charge on any atom is 0.0902 e. The van der Waals surface area contributed by atoms with Crippen molar-refractivity contribution in [2.75, 3.05) is 0 Å². The summed E-state index contributed by atoms with van der Waals surface area (Å²) >= 11 is 7.43. The smallest absolute Gasteiger partial charge is 0.0902 e. The van der Waals surface area contributed by atoms with Gasteiger partial charge in [0.25, 0.3) is 0 Å². The fraction of sp³-hybridized carbons (Fsp3) is 0.0508. The van der Waals surface area contributed by atoms with Crippen LogP contribution in [-0.4, -0.2) is 57.2 Å². The molecule has 0 aliphatic carbocycles. The van der Waals surface area contributed by atoms with E-state index in [-0.39, 0.29) is 0 Å². The standard InChI is InChI=1S/C10H8.C8H10N2.C6H4O2.C6H4S2.C6H4Se2.C6H6.C5H7N.C4H4O.C4H4S.C4H4Se/c1-2-6-10-8-4-3-7-9(10)5-1;1-9-5-3-8-7(9)4-6-10(8)2;3*1-3-7-6-2-4-8-5(1)6;1-2-4-6-5-3-1;1-6-4-2-3-5-6;3*1-2-4-5-3-1/h1-8H;3-6H,1-2H3;3*1-4H;1-6H;2-5H,1H3;3*1-4H. The Morgan fingerprint density at radius 3 is 1.17 bits per heavy atom. The predicted molar refractivity (Wildman–Crippen MR) is 310 cm³/mol. The van der Waals surface area contributed by atoms with Gasteiger partial charge in [-0.2, -0.15) is 11.3 Å². The number of benzene rings is 3. The summed E-state index contributed by atoms with van der Waals surface area (Å²) in [7, 11) is 6.12. The number of nitrogens with zero attached hydrogens (tertiary/aromatic N) is 3. The summed E-state index contributed by atoms with van der Waals surface area (Å²) in [5.41, 5.74) is 4.21. The van der Waals surface area contributed by atoms with Crippen molar-refractivity contribution in [3.8, 4) is 0 Å². The molecule has 3 aromatic carbocycles. The molecule has 15 aromatic rings. The summed E-state index contributed by atoms with van der Waals surface area (Å²) in [6.07, 6.45) is 14.6. The first-order valence-corrected chi connectivity index (χ1v) is 30.6. The van der Waals surface area contributed by atoms with Crippen LogP contribution in [0.15, 0.2) is 286 Å². The molecular weight excluding hydrogens is 1130 g/mol. The average molecular weight is 1190 g/mol. The first-order valence-electron chi connectivity index (χ1n) is 22.3. The van der Waals surface area contributed by atoms with Crippen molar-refractivity contribution < 1.29 is 13.3 Å². The molecule has 71 heavy (non-hydrogen) atoms. The van der Waals surface area contributed by atoms with Gasteiger partial charge in [0.15, 0.2) is 11.2 Å². The van der Waals surface area contributed by atoms with Gasteiger partial charge in [0.1, 0.15) is 0 Å². The maximum atomic E-state index is 4.96. The van der Waals surface area contributed by atoms with E-state index in [1.54, 1.807) is 79.7 Å². The van der Waals surface area contributed by atoms with Crippen LogP contribution in [0.4, 0.5) is 0 Å². The second kappa shape index (κ2) is 32.6. The van der Waals surface area contributed by atoms with Crippen LogP contribution >= 0.6 is 34.0 Å². The number of rotatable bonds is 0. The second-order valence-electron chi connectivity index (χ2n) is 14.6. The van der Waals surface area contributed by atoms with Crippen molar-refractivity contribution in [3.05, 3.63) is 273 Å². The molecule has 0 unspecified atom stereocenters. The van der Waals surface area contributed by atoms with Crippen LogP contribution in [0, 0.1) is 0 Å². The fourth-order valence-electron chi connectivity index (χ4n) is 6.00. The third kappa shape index (κ3) is 20.2. The number of furan rings is 3. The van der Waals surface area contributed by atoms with Crippen LogP contribution in [-0.2, 0) is 21.1 Å². The number of hydrogen-bond acceptors (Lipinski definition) is 6. The monoisotopic (exact) mass is 1190 g/mol. The molecule has 360 valence electrons. The van der Waals surface area contributed by atoms with Crippen molar-refractivity contribution in [3.63, 3.8) is 0 Å². The third-order valence-electron chi connectivity index (χ3n) is 9.50. The normalized spacial score (nSPS) is 9.62. The van der Waals surface area contributed by atoms with Crippen molar-refractivity contribution >= 4 is 128 Å². The van der Waals surface area contributed by atoms with E-state index in [0.717, 1.165) is 11.2 Å². The first-order chi connectivity index (χ1) is 35.0. The molecule has 0 fully saturated rings. The zero-order valence-electron chi connectivity index (χ0n) is 39.6. The summed E-state index contributed by atoms with van der Waals surface area (Å²) in [6.45, 7) is 0. The van der Waals surface area contributed by atoms with E-state index < -0.39 is 0 Å². The quantitative estimate of drug-likeness (QED) is 0.142. The second-order valence-corrected chi connectivity index (χ2v) is 23.0. The van der Waals surface area contributed by atoms with Gasteiger partial charge < -0.3 is 27.0 Å². The van der Waals surface area contributed by atoms with E-state index in [2.05, 4.69) is 168 Å². The number of hydrogen-bond donors (Lipinski definition) is 0. The first kappa shape index (κ1) is 54.1. The van der Waals surface area contributed by atoms with E-state index in [4.69, 9.17) is 8.83 Å². The van der Waals surface area contributed by atoms with E-state index >= 15 is 0 Å². The Balaban J connectivity index is 0.000000130. The average Bonchev–Trinajstić information content (AvgIpc) is 4.23. The van der Waals surface area contributed by atoms with Crippen molar-refractivity contribution in [2.24, 2.45) is 21.1 Å². The molecule has 0 radical (unpaired) electrons. The van der Waals surface area contributed by atoms with Crippen LogP contribution in [0.3, 0.4) is 0 Å². The Kier molecular flexibility index (Phi) is 24.8. The molecule has 0 amide bonds. The predicted octanol–water partition coefficient (Wildman–Crippen LogP) is 16.8. The topological polar surface area (TPSA) is 54.2 Å². The molecule has 0 saturated heterocycles. The van der Waals surface area contributed by atoms with Crippen molar-refractivity contribution in [1.29, 1.82) is 0 Å². The summed E-state index contributed by atoms with van der Waals surface area (Å²) < 4.78 is 26.8.